The van der Waals surface area contributed by atoms with Crippen LogP contribution in [0.2, 0.25) is 0 Å². The molecular weight excluding hydrogens is 116 g/mol. The fourth-order valence-electron chi connectivity index (χ4n) is 1.17. The molecule has 1 atom stereocenters. The van der Waals surface area contributed by atoms with Crippen LogP contribution < -0.4 is 0 Å². The summed E-state index contributed by atoms with van der Waals surface area (Å²) in [5.74, 6) is 0.735. The Labute approximate surface area is 54.2 Å². The fourth-order valence-corrected chi connectivity index (χ4v) is 1.17. The molecule has 1 unspecified atom stereocenters. The maximum atomic E-state index is 11.1. The van der Waals surface area contributed by atoms with E-state index in [0.29, 0.717) is 18.3 Å². The molecule has 2 nitrogen and oxygen atoms in total. The van der Waals surface area contributed by atoms with Gasteiger partial charge >= 0.3 is 0 Å². The average molecular weight is 126 g/mol. The lowest BCUT2D eigenvalue weighted by atomic mass is 9.81. The van der Waals surface area contributed by atoms with E-state index in [1.807, 2.05) is 0 Å². The molecule has 0 amide bonds. The number of epoxide rings is 1. The van der Waals surface area contributed by atoms with Crippen LogP contribution in [0.25, 0.3) is 0 Å². The summed E-state index contributed by atoms with van der Waals surface area (Å²) in [6.07, 6.45) is 3.47. The van der Waals surface area contributed by atoms with E-state index in [-0.39, 0.29) is 6.10 Å². The monoisotopic (exact) mass is 126 g/mol. The first-order valence-electron chi connectivity index (χ1n) is 3.53. The molecule has 0 aromatic carbocycles. The van der Waals surface area contributed by atoms with Crippen molar-refractivity contribution in [3.8, 4) is 0 Å². The molecule has 0 aromatic rings. The minimum absolute atomic E-state index is 0.00954. The molecule has 1 heterocycles. The SMILES string of the molecule is O=C(C1CCC1)C1CO1. The van der Waals surface area contributed by atoms with Gasteiger partial charge in [0.15, 0.2) is 5.78 Å². The number of rotatable bonds is 2. The molecule has 9 heavy (non-hydrogen) atoms. The van der Waals surface area contributed by atoms with E-state index in [1.165, 1.54) is 6.42 Å². The highest BCUT2D eigenvalue weighted by atomic mass is 16.6. The number of ether oxygens (including phenoxy) is 1. The van der Waals surface area contributed by atoms with Crippen LogP contribution in [0.4, 0.5) is 0 Å². The molecule has 0 spiro atoms. The van der Waals surface area contributed by atoms with Gasteiger partial charge in [-0.1, -0.05) is 6.42 Å². The van der Waals surface area contributed by atoms with Crippen molar-refractivity contribution in [2.45, 2.75) is 25.4 Å². The summed E-state index contributed by atoms with van der Waals surface area (Å²) in [5.41, 5.74) is 0. The first-order chi connectivity index (χ1) is 4.38. The Morgan fingerprint density at radius 3 is 2.44 bits per heavy atom. The summed E-state index contributed by atoms with van der Waals surface area (Å²) in [5, 5.41) is 0. The highest BCUT2D eigenvalue weighted by Crippen LogP contribution is 2.31. The second-order valence-electron chi connectivity index (χ2n) is 2.85. The van der Waals surface area contributed by atoms with Crippen molar-refractivity contribution in [1.29, 1.82) is 0 Å². The van der Waals surface area contributed by atoms with E-state index in [0.717, 1.165) is 12.8 Å². The number of hydrogen-bond donors (Lipinski definition) is 0. The van der Waals surface area contributed by atoms with E-state index in [9.17, 15) is 4.79 Å². The van der Waals surface area contributed by atoms with Crippen LogP contribution in [-0.4, -0.2) is 18.5 Å². The minimum Gasteiger partial charge on any atom is -0.365 e. The standard InChI is InChI=1S/C7H10O2/c8-7(6-4-9-6)5-2-1-3-5/h5-6H,1-4H2. The van der Waals surface area contributed by atoms with Crippen molar-refractivity contribution in [2.75, 3.05) is 6.61 Å². The third-order valence-corrected chi connectivity index (χ3v) is 2.16. The zero-order chi connectivity index (χ0) is 6.27. The second kappa shape index (κ2) is 1.81. The smallest absolute Gasteiger partial charge is 0.166 e. The van der Waals surface area contributed by atoms with Crippen LogP contribution in [0.5, 0.6) is 0 Å². The first-order valence-corrected chi connectivity index (χ1v) is 3.53. The third kappa shape index (κ3) is 0.874. The number of ketones is 1. The quantitative estimate of drug-likeness (QED) is 0.511. The van der Waals surface area contributed by atoms with Gasteiger partial charge in [-0.2, -0.15) is 0 Å². The second-order valence-corrected chi connectivity index (χ2v) is 2.85. The number of hydrogen-bond acceptors (Lipinski definition) is 2. The van der Waals surface area contributed by atoms with E-state index < -0.39 is 0 Å². The van der Waals surface area contributed by atoms with Gasteiger partial charge in [-0.25, -0.2) is 0 Å². The molecule has 2 fully saturated rings. The van der Waals surface area contributed by atoms with Crippen LogP contribution in [0, 0.1) is 5.92 Å². The van der Waals surface area contributed by atoms with Crippen LogP contribution in [0.1, 0.15) is 19.3 Å². The molecule has 0 N–H and O–H groups in total. The Hall–Kier alpha value is -0.370. The van der Waals surface area contributed by atoms with Gasteiger partial charge in [0.1, 0.15) is 6.10 Å². The fraction of sp³-hybridized carbons (Fsp3) is 0.857. The van der Waals surface area contributed by atoms with Crippen molar-refractivity contribution < 1.29 is 9.53 Å². The summed E-state index contributed by atoms with van der Waals surface area (Å²) in [4.78, 5) is 11.1. The van der Waals surface area contributed by atoms with Gasteiger partial charge in [-0.15, -0.1) is 0 Å². The van der Waals surface area contributed by atoms with Crippen molar-refractivity contribution in [3.63, 3.8) is 0 Å². The maximum Gasteiger partial charge on any atom is 0.166 e. The molecule has 1 aliphatic heterocycles. The topological polar surface area (TPSA) is 29.6 Å². The Balaban J connectivity index is 1.88. The average Bonchev–Trinajstić information content (AvgIpc) is 2.37. The van der Waals surface area contributed by atoms with Gasteiger partial charge < -0.3 is 4.74 Å². The van der Waals surface area contributed by atoms with Crippen molar-refractivity contribution in [3.05, 3.63) is 0 Å². The molecule has 2 rings (SSSR count). The zero-order valence-corrected chi connectivity index (χ0v) is 5.30. The van der Waals surface area contributed by atoms with Gasteiger partial charge in [-0.3, -0.25) is 4.79 Å². The molecule has 1 aliphatic carbocycles. The molecule has 0 bridgehead atoms. The Morgan fingerprint density at radius 1 is 1.44 bits per heavy atom. The molecule has 0 aromatic heterocycles. The molecule has 1 saturated heterocycles. The predicted octanol–water partition coefficient (Wildman–Crippen LogP) is 0.754. The molecule has 0 radical (unpaired) electrons. The molecule has 50 valence electrons. The Morgan fingerprint density at radius 2 is 2.11 bits per heavy atom. The van der Waals surface area contributed by atoms with Crippen molar-refractivity contribution in [1.82, 2.24) is 0 Å². The van der Waals surface area contributed by atoms with E-state index in [2.05, 4.69) is 0 Å². The van der Waals surface area contributed by atoms with E-state index >= 15 is 0 Å². The van der Waals surface area contributed by atoms with Crippen LogP contribution in [0.15, 0.2) is 0 Å². The number of carbonyl (C=O) groups excluding carboxylic acids is 1. The van der Waals surface area contributed by atoms with Crippen molar-refractivity contribution >= 4 is 5.78 Å². The first kappa shape index (κ1) is 5.42. The molecular formula is C7H10O2. The van der Waals surface area contributed by atoms with Crippen molar-refractivity contribution in [2.24, 2.45) is 5.92 Å². The van der Waals surface area contributed by atoms with Crippen LogP contribution in [0.3, 0.4) is 0 Å². The van der Waals surface area contributed by atoms with Crippen LogP contribution in [-0.2, 0) is 9.53 Å². The summed E-state index contributed by atoms with van der Waals surface area (Å²) >= 11 is 0. The molecule has 2 aliphatic rings. The molecule has 1 saturated carbocycles. The van der Waals surface area contributed by atoms with Gasteiger partial charge in [0.05, 0.1) is 6.61 Å². The van der Waals surface area contributed by atoms with E-state index in [1.54, 1.807) is 0 Å². The maximum absolute atomic E-state index is 11.1. The summed E-state index contributed by atoms with van der Waals surface area (Å²) in [6, 6.07) is 0. The lowest BCUT2D eigenvalue weighted by Gasteiger charge is -2.22. The highest BCUT2D eigenvalue weighted by molar-refractivity contribution is 5.87. The van der Waals surface area contributed by atoms with Gasteiger partial charge in [0, 0.05) is 5.92 Å². The highest BCUT2D eigenvalue weighted by Gasteiger charge is 2.38. The lowest BCUT2D eigenvalue weighted by molar-refractivity contribution is -0.126. The molecule has 2 heteroatoms. The van der Waals surface area contributed by atoms with Crippen LogP contribution >= 0.6 is 0 Å². The predicted molar refractivity (Wildman–Crippen MR) is 32.1 cm³/mol. The Kier molecular flexibility index (Phi) is 1.09. The summed E-state index contributed by atoms with van der Waals surface area (Å²) in [7, 11) is 0. The normalized spacial score (nSPS) is 33.6. The lowest BCUT2D eigenvalue weighted by Crippen LogP contribution is -2.25. The third-order valence-electron chi connectivity index (χ3n) is 2.16. The number of Topliss-reactive ketones (excluding diaryl/α,β-unsaturated/α-hetero) is 1. The minimum atomic E-state index is 0.00954. The summed E-state index contributed by atoms with van der Waals surface area (Å²) in [6.45, 7) is 0.690. The van der Waals surface area contributed by atoms with Gasteiger partial charge in [-0.05, 0) is 12.8 Å². The Bertz CT molecular complexity index is 134. The van der Waals surface area contributed by atoms with E-state index in [4.69, 9.17) is 4.74 Å². The largest absolute Gasteiger partial charge is 0.365 e. The van der Waals surface area contributed by atoms with Gasteiger partial charge in [0.25, 0.3) is 0 Å². The zero-order valence-electron chi connectivity index (χ0n) is 5.30. The number of carbonyl (C=O) groups is 1. The summed E-state index contributed by atoms with van der Waals surface area (Å²) < 4.78 is 4.88. The van der Waals surface area contributed by atoms with Gasteiger partial charge in [0.2, 0.25) is 0 Å².